The van der Waals surface area contributed by atoms with Gasteiger partial charge in [-0.25, -0.2) is 0 Å². The number of hydrogen-bond donors (Lipinski definition) is 0. The summed E-state index contributed by atoms with van der Waals surface area (Å²) >= 11 is 0. The molecule has 0 N–H and O–H groups in total. The van der Waals surface area contributed by atoms with Gasteiger partial charge >= 0.3 is 29.3 Å². The second-order valence-corrected chi connectivity index (χ2v) is 9.16. The van der Waals surface area contributed by atoms with Crippen molar-refractivity contribution in [2.45, 2.75) is 57.9 Å². The number of halogens is 5. The first kappa shape index (κ1) is 23.7. The maximum Gasteiger partial charge on any atom is 0.516 e. The minimum atomic E-state index is -5.70. The molecule has 0 bridgehead atoms. The lowest BCUT2D eigenvalue weighted by atomic mass is 9.78. The van der Waals surface area contributed by atoms with Gasteiger partial charge in [0, 0.05) is 12.0 Å². The highest BCUT2D eigenvalue weighted by molar-refractivity contribution is 7.93. The first-order chi connectivity index (χ1) is 13.0. The third-order valence-corrected chi connectivity index (χ3v) is 6.51. The summed E-state index contributed by atoms with van der Waals surface area (Å²) in [6, 6.07) is 2.88. The number of nitrogens with zero attached hydrogens (tertiary/aromatic N) is 1. The Hall–Kier alpha value is -1.60. The lowest BCUT2D eigenvalue weighted by Crippen LogP contribution is -2.42. The van der Waals surface area contributed by atoms with Crippen LogP contribution in [0.3, 0.4) is 0 Å². The Bertz CT molecular complexity index is 844. The molecule has 1 fully saturated rings. The second-order valence-electron chi connectivity index (χ2n) is 7.30. The van der Waals surface area contributed by atoms with E-state index in [1.807, 2.05) is 0 Å². The van der Waals surface area contributed by atoms with Crippen molar-refractivity contribution >= 4 is 28.3 Å². The van der Waals surface area contributed by atoms with E-state index in [-0.39, 0.29) is 9.77 Å². The monoisotopic (exact) mass is 445 g/mol. The summed E-state index contributed by atoms with van der Waals surface area (Å²) in [6.45, 7) is 4.21. The molecule has 0 spiro atoms. The average Bonchev–Trinajstić information content (AvgIpc) is 2.75. The SMILES string of the molecule is CCN(c1ccc(OC(F)F)c(B2OC(C)(C)C(C)(C)O2)c1)S(=O)(=O)C(F)(F)F. The molecule has 0 saturated carbocycles. The van der Waals surface area contributed by atoms with E-state index in [1.165, 1.54) is 6.92 Å². The molecule has 1 aromatic rings. The van der Waals surface area contributed by atoms with Crippen LogP contribution in [0.15, 0.2) is 18.2 Å². The third-order valence-electron chi connectivity index (χ3n) is 4.87. The van der Waals surface area contributed by atoms with Crippen LogP contribution in [0.4, 0.5) is 27.6 Å². The van der Waals surface area contributed by atoms with E-state index < -0.39 is 58.4 Å². The highest BCUT2D eigenvalue weighted by Gasteiger charge is 2.53. The fraction of sp³-hybridized carbons (Fsp3) is 0.625. The van der Waals surface area contributed by atoms with Crippen molar-refractivity contribution in [3.05, 3.63) is 18.2 Å². The minimum Gasteiger partial charge on any atom is -0.435 e. The zero-order valence-electron chi connectivity index (χ0n) is 16.4. The number of benzene rings is 1. The van der Waals surface area contributed by atoms with Crippen LogP contribution in [-0.4, -0.2) is 45.4 Å². The van der Waals surface area contributed by atoms with Crippen LogP contribution < -0.4 is 14.5 Å². The fourth-order valence-corrected chi connectivity index (χ4v) is 3.65. The predicted molar refractivity (Wildman–Crippen MR) is 96.8 cm³/mol. The van der Waals surface area contributed by atoms with Gasteiger partial charge < -0.3 is 14.0 Å². The van der Waals surface area contributed by atoms with Crippen LogP contribution in [0.1, 0.15) is 34.6 Å². The van der Waals surface area contributed by atoms with Gasteiger partial charge in [0.15, 0.2) is 0 Å². The summed E-state index contributed by atoms with van der Waals surface area (Å²) in [4.78, 5) is 0. The molecule has 29 heavy (non-hydrogen) atoms. The Labute approximate surface area is 166 Å². The third kappa shape index (κ3) is 4.46. The molecule has 0 radical (unpaired) electrons. The van der Waals surface area contributed by atoms with Gasteiger partial charge in [0.2, 0.25) is 0 Å². The second kappa shape index (κ2) is 7.58. The van der Waals surface area contributed by atoms with Crippen LogP contribution >= 0.6 is 0 Å². The van der Waals surface area contributed by atoms with Gasteiger partial charge in [0.05, 0.1) is 16.9 Å². The summed E-state index contributed by atoms with van der Waals surface area (Å²) in [5.41, 5.74) is -7.84. The number of ether oxygens (including phenoxy) is 1. The smallest absolute Gasteiger partial charge is 0.435 e. The number of sulfonamides is 1. The van der Waals surface area contributed by atoms with Crippen LogP contribution in [0, 0.1) is 0 Å². The van der Waals surface area contributed by atoms with Crippen LogP contribution in [-0.2, 0) is 19.3 Å². The summed E-state index contributed by atoms with van der Waals surface area (Å²) in [7, 11) is -6.96. The Kier molecular flexibility index (Phi) is 6.19. The zero-order chi connectivity index (χ0) is 22.4. The molecule has 1 aliphatic rings. The van der Waals surface area contributed by atoms with Gasteiger partial charge in [-0.1, -0.05) is 0 Å². The first-order valence-electron chi connectivity index (χ1n) is 8.57. The first-order valence-corrected chi connectivity index (χ1v) is 10.0. The van der Waals surface area contributed by atoms with Crippen molar-refractivity contribution in [3.8, 4) is 5.75 Å². The van der Waals surface area contributed by atoms with Crippen LogP contribution in [0.5, 0.6) is 5.75 Å². The molecule has 1 heterocycles. The Morgan fingerprint density at radius 2 is 1.66 bits per heavy atom. The van der Waals surface area contributed by atoms with Crippen molar-refractivity contribution in [3.63, 3.8) is 0 Å². The molecule has 0 amide bonds. The number of anilines is 1. The largest absolute Gasteiger partial charge is 0.516 e. The van der Waals surface area contributed by atoms with E-state index in [0.29, 0.717) is 0 Å². The van der Waals surface area contributed by atoms with E-state index >= 15 is 0 Å². The van der Waals surface area contributed by atoms with Crippen molar-refractivity contribution < 1.29 is 44.4 Å². The Balaban J connectivity index is 2.58. The summed E-state index contributed by atoms with van der Waals surface area (Å²) in [5.74, 6) is -0.400. The van der Waals surface area contributed by atoms with Crippen molar-refractivity contribution in [2.24, 2.45) is 0 Å². The minimum absolute atomic E-state index is 0.119. The molecule has 6 nitrogen and oxygen atoms in total. The number of alkyl halides is 5. The Morgan fingerprint density at radius 3 is 2.07 bits per heavy atom. The molecule has 0 atom stereocenters. The number of rotatable bonds is 6. The standard InChI is InChI=1S/C16H21BF5NO5S/c1-6-23(29(24,25)16(20,21)22)10-7-8-12(26-13(18)19)11(9-10)17-27-14(2,3)15(4,5)28-17/h7-9,13H,6H2,1-5H3. The molecule has 1 aromatic carbocycles. The highest BCUT2D eigenvalue weighted by atomic mass is 32.2. The van der Waals surface area contributed by atoms with E-state index in [1.54, 1.807) is 27.7 Å². The van der Waals surface area contributed by atoms with Crippen LogP contribution in [0.2, 0.25) is 0 Å². The van der Waals surface area contributed by atoms with E-state index in [0.717, 1.165) is 18.2 Å². The maximum absolute atomic E-state index is 13.0. The van der Waals surface area contributed by atoms with Gasteiger partial charge in [0.25, 0.3) is 0 Å². The van der Waals surface area contributed by atoms with E-state index in [9.17, 15) is 30.4 Å². The van der Waals surface area contributed by atoms with Crippen molar-refractivity contribution in [2.75, 3.05) is 10.8 Å². The lowest BCUT2D eigenvalue weighted by molar-refractivity contribution is -0.0493. The predicted octanol–water partition coefficient (Wildman–Crippen LogP) is 3.26. The van der Waals surface area contributed by atoms with Gasteiger partial charge in [-0.2, -0.15) is 30.4 Å². The molecule has 1 saturated heterocycles. The van der Waals surface area contributed by atoms with Crippen LogP contribution in [0.25, 0.3) is 0 Å². The molecule has 164 valence electrons. The summed E-state index contributed by atoms with van der Waals surface area (Å²) in [5, 5.41) is 0. The zero-order valence-corrected chi connectivity index (χ0v) is 17.2. The quantitative estimate of drug-likeness (QED) is 0.497. The van der Waals surface area contributed by atoms with Crippen molar-refractivity contribution in [1.82, 2.24) is 0 Å². The van der Waals surface area contributed by atoms with Gasteiger partial charge in [-0.15, -0.1) is 0 Å². The molecule has 0 aromatic heterocycles. The molecule has 13 heteroatoms. The molecule has 0 aliphatic carbocycles. The average molecular weight is 445 g/mol. The normalized spacial score (nSPS) is 18.9. The van der Waals surface area contributed by atoms with E-state index in [2.05, 4.69) is 4.74 Å². The van der Waals surface area contributed by atoms with Crippen molar-refractivity contribution in [1.29, 1.82) is 0 Å². The van der Waals surface area contributed by atoms with E-state index in [4.69, 9.17) is 9.31 Å². The summed E-state index contributed by atoms with van der Waals surface area (Å²) < 4.78 is 104. The number of hydrogen-bond acceptors (Lipinski definition) is 5. The molecule has 1 aliphatic heterocycles. The molecular weight excluding hydrogens is 424 g/mol. The Morgan fingerprint density at radius 1 is 1.14 bits per heavy atom. The van der Waals surface area contributed by atoms with Gasteiger partial charge in [-0.05, 0) is 52.8 Å². The van der Waals surface area contributed by atoms with Gasteiger partial charge in [-0.3, -0.25) is 4.31 Å². The molecule has 2 rings (SSSR count). The van der Waals surface area contributed by atoms with Gasteiger partial charge in [0.1, 0.15) is 5.75 Å². The maximum atomic E-state index is 13.0. The highest BCUT2D eigenvalue weighted by Crippen LogP contribution is 2.38. The topological polar surface area (TPSA) is 65.1 Å². The summed E-state index contributed by atoms with van der Waals surface area (Å²) in [6.07, 6.45) is 0. The molecule has 0 unspecified atom stereocenters. The molecular formula is C16H21BF5NO5S. The fourth-order valence-electron chi connectivity index (χ4n) is 2.66. The lowest BCUT2D eigenvalue weighted by Gasteiger charge is -2.32.